The van der Waals surface area contributed by atoms with Crippen LogP contribution in [0.2, 0.25) is 0 Å². The van der Waals surface area contributed by atoms with Crippen LogP contribution in [0.3, 0.4) is 0 Å². The molecular formula is C16H23NO3. The number of para-hydroxylation sites is 1. The van der Waals surface area contributed by atoms with E-state index < -0.39 is 5.54 Å². The van der Waals surface area contributed by atoms with E-state index in [1.165, 1.54) is 7.11 Å². The fraction of sp³-hybridized carbons (Fsp3) is 0.500. The fourth-order valence-corrected chi connectivity index (χ4v) is 1.52. The van der Waals surface area contributed by atoms with Crippen LogP contribution in [-0.4, -0.2) is 31.6 Å². The van der Waals surface area contributed by atoms with E-state index in [9.17, 15) is 4.79 Å². The number of rotatable bonds is 7. The molecule has 1 aromatic carbocycles. The summed E-state index contributed by atoms with van der Waals surface area (Å²) in [6.07, 6.45) is 0.136. The van der Waals surface area contributed by atoms with Crippen molar-refractivity contribution >= 4 is 5.78 Å². The van der Waals surface area contributed by atoms with Gasteiger partial charge < -0.3 is 14.3 Å². The van der Waals surface area contributed by atoms with E-state index in [1.807, 2.05) is 44.2 Å². The minimum Gasteiger partial charge on any atom is -0.485 e. The van der Waals surface area contributed by atoms with Crippen LogP contribution in [0.4, 0.5) is 0 Å². The Morgan fingerprint density at radius 1 is 1.30 bits per heavy atom. The maximum Gasteiger partial charge on any atom is 0.270 e. The van der Waals surface area contributed by atoms with Gasteiger partial charge in [-0.1, -0.05) is 32.0 Å². The molecule has 0 spiro atoms. The van der Waals surface area contributed by atoms with Crippen LogP contribution in [0.15, 0.2) is 30.3 Å². The number of carbonyl (C=O) groups is 1. The molecule has 0 aliphatic heterocycles. The lowest BCUT2D eigenvalue weighted by molar-refractivity contribution is -0.123. The lowest BCUT2D eigenvalue weighted by Crippen LogP contribution is -2.32. The van der Waals surface area contributed by atoms with Gasteiger partial charge in [-0.2, -0.15) is 0 Å². The number of benzene rings is 1. The zero-order valence-corrected chi connectivity index (χ0v) is 12.7. The van der Waals surface area contributed by atoms with Crippen LogP contribution in [0, 0.1) is 6.57 Å². The number of ether oxygens (including phenoxy) is 2. The van der Waals surface area contributed by atoms with Gasteiger partial charge in [-0.15, -0.1) is 0 Å². The molecular weight excluding hydrogens is 254 g/mol. The first kappa shape index (κ1) is 18.1. The number of ketones is 1. The molecule has 0 aromatic heterocycles. The first-order valence-electron chi connectivity index (χ1n) is 6.67. The Morgan fingerprint density at radius 3 is 2.40 bits per heavy atom. The van der Waals surface area contributed by atoms with Crippen molar-refractivity contribution in [3.05, 3.63) is 41.7 Å². The molecule has 0 aliphatic rings. The molecule has 0 radical (unpaired) electrons. The molecule has 20 heavy (non-hydrogen) atoms. The normalized spacial score (nSPS) is 12.3. The Balaban J connectivity index is 0.00000172. The van der Waals surface area contributed by atoms with Gasteiger partial charge in [0, 0.05) is 14.0 Å². The topological polar surface area (TPSA) is 39.9 Å². The van der Waals surface area contributed by atoms with E-state index in [2.05, 4.69) is 4.85 Å². The maximum atomic E-state index is 11.5. The largest absolute Gasteiger partial charge is 0.485 e. The van der Waals surface area contributed by atoms with Gasteiger partial charge in [-0.3, -0.25) is 4.79 Å². The molecule has 1 atom stereocenters. The van der Waals surface area contributed by atoms with Crippen molar-refractivity contribution in [2.24, 2.45) is 0 Å². The third-order valence-corrected chi connectivity index (χ3v) is 2.45. The molecule has 0 heterocycles. The molecule has 0 fully saturated rings. The molecule has 4 heteroatoms. The van der Waals surface area contributed by atoms with Gasteiger partial charge in [0.2, 0.25) is 0 Å². The van der Waals surface area contributed by atoms with Crippen LogP contribution in [0.5, 0.6) is 5.75 Å². The van der Waals surface area contributed by atoms with Gasteiger partial charge >= 0.3 is 0 Å². The Morgan fingerprint density at radius 2 is 1.90 bits per heavy atom. The molecule has 4 nitrogen and oxygen atoms in total. The van der Waals surface area contributed by atoms with Crippen molar-refractivity contribution in [1.29, 1.82) is 0 Å². The van der Waals surface area contributed by atoms with Crippen molar-refractivity contribution in [1.82, 2.24) is 0 Å². The molecule has 1 aromatic rings. The van der Waals surface area contributed by atoms with Crippen molar-refractivity contribution in [3.8, 4) is 5.75 Å². The quantitative estimate of drug-likeness (QED) is 0.717. The summed E-state index contributed by atoms with van der Waals surface area (Å²) in [4.78, 5) is 15.0. The predicted octanol–water partition coefficient (Wildman–Crippen LogP) is 3.38. The smallest absolute Gasteiger partial charge is 0.270 e. The Hall–Kier alpha value is -1.86. The molecule has 0 bridgehead atoms. The van der Waals surface area contributed by atoms with Crippen LogP contribution < -0.4 is 4.74 Å². The standard InChI is InChI=1S/C14H17NO3.C2H6/c1-14(15-2,9-12(16)10-17-3)11-18-13-7-5-4-6-8-13;1-2/h4-8H,9-11H2,1,3H3;1-2H3. The van der Waals surface area contributed by atoms with E-state index >= 15 is 0 Å². The lowest BCUT2D eigenvalue weighted by atomic mass is 9.97. The molecule has 0 saturated heterocycles. The molecule has 0 aliphatic carbocycles. The van der Waals surface area contributed by atoms with Crippen molar-refractivity contribution in [3.63, 3.8) is 0 Å². The summed E-state index contributed by atoms with van der Waals surface area (Å²) in [6, 6.07) is 9.26. The summed E-state index contributed by atoms with van der Waals surface area (Å²) < 4.78 is 10.3. The summed E-state index contributed by atoms with van der Waals surface area (Å²) in [5.41, 5.74) is -0.842. The van der Waals surface area contributed by atoms with Gasteiger partial charge in [-0.25, -0.2) is 6.57 Å². The Labute approximate surface area is 121 Å². The molecule has 0 saturated carbocycles. The third-order valence-electron chi connectivity index (χ3n) is 2.45. The molecule has 0 amide bonds. The predicted molar refractivity (Wildman–Crippen MR) is 79.8 cm³/mol. The minimum absolute atomic E-state index is 0.0381. The highest BCUT2D eigenvalue weighted by Gasteiger charge is 2.34. The van der Waals surface area contributed by atoms with Gasteiger partial charge in [0.1, 0.15) is 12.4 Å². The van der Waals surface area contributed by atoms with E-state index in [0.29, 0.717) is 5.75 Å². The highest BCUT2D eigenvalue weighted by atomic mass is 16.5. The maximum absolute atomic E-state index is 11.5. The SMILES string of the molecule is CC.[C-]#[N+]C(C)(COc1ccccc1)CC(=O)COC. The molecule has 0 N–H and O–H groups in total. The molecule has 1 rings (SSSR count). The summed E-state index contributed by atoms with van der Waals surface area (Å²) >= 11 is 0. The average molecular weight is 277 g/mol. The van der Waals surface area contributed by atoms with Crippen LogP contribution in [0.1, 0.15) is 27.2 Å². The monoisotopic (exact) mass is 277 g/mol. The lowest BCUT2D eigenvalue weighted by Gasteiger charge is -2.17. The third kappa shape index (κ3) is 6.91. The number of nitrogens with zero attached hydrogens (tertiary/aromatic N) is 1. The first-order chi connectivity index (χ1) is 9.59. The highest BCUT2D eigenvalue weighted by molar-refractivity contribution is 5.81. The number of hydrogen-bond acceptors (Lipinski definition) is 3. The van der Waals surface area contributed by atoms with Crippen molar-refractivity contribution < 1.29 is 14.3 Å². The van der Waals surface area contributed by atoms with E-state index in [1.54, 1.807) is 6.92 Å². The first-order valence-corrected chi connectivity index (χ1v) is 6.67. The summed E-state index contributed by atoms with van der Waals surface area (Å²) in [5.74, 6) is 0.610. The van der Waals surface area contributed by atoms with E-state index in [0.717, 1.165) is 0 Å². The second-order valence-corrected chi connectivity index (χ2v) is 4.36. The van der Waals surface area contributed by atoms with Gasteiger partial charge in [0.25, 0.3) is 5.54 Å². The summed E-state index contributed by atoms with van der Waals surface area (Å²) in [6.45, 7) is 13.1. The fourth-order valence-electron chi connectivity index (χ4n) is 1.52. The zero-order chi connectivity index (χ0) is 15.4. The van der Waals surface area contributed by atoms with Crippen LogP contribution >= 0.6 is 0 Å². The second kappa shape index (κ2) is 9.99. The van der Waals surface area contributed by atoms with Gasteiger partial charge in [0.15, 0.2) is 12.4 Å². The van der Waals surface area contributed by atoms with Crippen molar-refractivity contribution in [2.45, 2.75) is 32.7 Å². The minimum atomic E-state index is -0.842. The number of hydrogen-bond donors (Lipinski definition) is 0. The molecule has 110 valence electrons. The summed E-state index contributed by atoms with van der Waals surface area (Å²) in [7, 11) is 1.47. The average Bonchev–Trinajstić information content (AvgIpc) is 2.48. The van der Waals surface area contributed by atoms with Crippen LogP contribution in [0.25, 0.3) is 4.85 Å². The van der Waals surface area contributed by atoms with E-state index in [4.69, 9.17) is 16.0 Å². The van der Waals surface area contributed by atoms with Crippen LogP contribution in [-0.2, 0) is 9.53 Å². The zero-order valence-electron chi connectivity index (χ0n) is 12.7. The van der Waals surface area contributed by atoms with Gasteiger partial charge in [0.05, 0.1) is 6.42 Å². The number of carbonyl (C=O) groups excluding carboxylic acids is 1. The highest BCUT2D eigenvalue weighted by Crippen LogP contribution is 2.19. The Kier molecular flexibility index (Phi) is 9.06. The molecule has 1 unspecified atom stereocenters. The number of methoxy groups -OCH3 is 1. The summed E-state index contributed by atoms with van der Waals surface area (Å²) in [5, 5.41) is 0. The number of Topliss-reactive ketones (excluding diaryl/α,β-unsaturated/α-hetero) is 1. The second-order valence-electron chi connectivity index (χ2n) is 4.36. The van der Waals surface area contributed by atoms with E-state index in [-0.39, 0.29) is 25.4 Å². The van der Waals surface area contributed by atoms with Gasteiger partial charge in [-0.05, 0) is 12.1 Å². The van der Waals surface area contributed by atoms with Crippen molar-refractivity contribution in [2.75, 3.05) is 20.3 Å². The Bertz CT molecular complexity index is 425.